The average molecular weight is 379 g/mol. The van der Waals surface area contributed by atoms with E-state index in [9.17, 15) is 15.0 Å². The van der Waals surface area contributed by atoms with Gasteiger partial charge in [-0.15, -0.1) is 0 Å². The number of hydrogen-bond acceptors (Lipinski definition) is 2. The minimum Gasteiger partial charge on any atom is -0.478 e. The number of aliphatic hydroxyl groups is 1. The summed E-state index contributed by atoms with van der Waals surface area (Å²) in [5, 5.41) is 19.3. The highest BCUT2D eigenvalue weighted by atomic mass is 19.1. The summed E-state index contributed by atoms with van der Waals surface area (Å²) in [7, 11) is 0. The van der Waals surface area contributed by atoms with Crippen molar-refractivity contribution >= 4 is 5.97 Å². The Balaban J connectivity index is 1.69. The first kappa shape index (κ1) is 19.4. The van der Waals surface area contributed by atoms with E-state index in [0.717, 1.165) is 31.1 Å². The molecule has 4 rings (SSSR count). The quantitative estimate of drug-likeness (QED) is 0.710. The van der Waals surface area contributed by atoms with E-state index in [2.05, 4.69) is 20.8 Å². The first-order chi connectivity index (χ1) is 12.8. The van der Waals surface area contributed by atoms with Gasteiger partial charge in [0, 0.05) is 11.8 Å². The van der Waals surface area contributed by atoms with Crippen LogP contribution in [0.25, 0.3) is 0 Å². The third kappa shape index (κ3) is 2.58. The average Bonchev–Trinajstić information content (AvgIpc) is 2.97. The number of carboxylic acid groups (broad SMARTS) is 1. The van der Waals surface area contributed by atoms with Gasteiger partial charge in [-0.3, -0.25) is 0 Å². The monoisotopic (exact) mass is 378 g/mol. The molecule has 0 aromatic heterocycles. The maximum Gasteiger partial charge on any atom is 0.334 e. The Bertz CT molecular complexity index is 658. The van der Waals surface area contributed by atoms with E-state index in [1.54, 1.807) is 0 Å². The van der Waals surface area contributed by atoms with Gasteiger partial charge in [0.2, 0.25) is 0 Å². The van der Waals surface area contributed by atoms with Crippen LogP contribution in [0.2, 0.25) is 0 Å². The van der Waals surface area contributed by atoms with Crippen LogP contribution in [0.15, 0.2) is 11.4 Å². The van der Waals surface area contributed by atoms with Gasteiger partial charge in [0.15, 0.2) is 0 Å². The molecule has 3 nitrogen and oxygen atoms in total. The molecule has 4 aliphatic rings. The molecule has 4 aliphatic carbocycles. The first-order valence-electron chi connectivity index (χ1n) is 11.0. The molecule has 0 heterocycles. The molecule has 3 fully saturated rings. The largest absolute Gasteiger partial charge is 0.478 e. The second-order valence-corrected chi connectivity index (χ2v) is 10.4. The lowest BCUT2D eigenvalue weighted by Gasteiger charge is -2.60. The lowest BCUT2D eigenvalue weighted by atomic mass is 9.44. The number of aliphatic hydroxyl groups excluding tert-OH is 1. The topological polar surface area (TPSA) is 57.5 Å². The predicted octanol–water partition coefficient (Wildman–Crippen LogP) is 5.19. The van der Waals surface area contributed by atoms with Crippen LogP contribution < -0.4 is 0 Å². The molecular formula is C23H35FO3. The van der Waals surface area contributed by atoms with Gasteiger partial charge in [-0.1, -0.05) is 27.2 Å². The summed E-state index contributed by atoms with van der Waals surface area (Å²) in [6.45, 7) is 6.76. The highest BCUT2D eigenvalue weighted by molar-refractivity contribution is 5.88. The fourth-order valence-corrected chi connectivity index (χ4v) is 8.39. The second-order valence-electron chi connectivity index (χ2n) is 10.4. The van der Waals surface area contributed by atoms with Crippen molar-refractivity contribution in [3.8, 4) is 0 Å². The zero-order valence-corrected chi connectivity index (χ0v) is 17.0. The highest BCUT2D eigenvalue weighted by Gasteiger charge is 2.61. The Morgan fingerprint density at radius 2 is 1.81 bits per heavy atom. The summed E-state index contributed by atoms with van der Waals surface area (Å²) in [6, 6.07) is 0. The van der Waals surface area contributed by atoms with Gasteiger partial charge < -0.3 is 10.2 Å². The number of carboxylic acids is 1. The van der Waals surface area contributed by atoms with Gasteiger partial charge in [-0.2, -0.15) is 0 Å². The lowest BCUT2D eigenvalue weighted by Crippen LogP contribution is -2.54. The Morgan fingerprint density at radius 1 is 1.11 bits per heavy atom. The lowest BCUT2D eigenvalue weighted by molar-refractivity contribution is -0.136. The maximum atomic E-state index is 15.3. The van der Waals surface area contributed by atoms with Crippen LogP contribution in [0, 0.1) is 46.3 Å². The van der Waals surface area contributed by atoms with E-state index in [-0.39, 0.29) is 23.5 Å². The van der Waals surface area contributed by atoms with Gasteiger partial charge in [0.25, 0.3) is 0 Å². The van der Waals surface area contributed by atoms with Crippen LogP contribution in [0.5, 0.6) is 0 Å². The number of hydrogen-bond donors (Lipinski definition) is 2. The Labute approximate surface area is 162 Å². The molecule has 0 aromatic carbocycles. The molecule has 8 atom stereocenters. The zero-order chi connectivity index (χ0) is 19.6. The van der Waals surface area contributed by atoms with Crippen molar-refractivity contribution in [2.45, 2.75) is 72.1 Å². The minimum absolute atomic E-state index is 0.147. The Morgan fingerprint density at radius 3 is 2.44 bits per heavy atom. The van der Waals surface area contributed by atoms with Crippen LogP contribution in [-0.2, 0) is 4.79 Å². The van der Waals surface area contributed by atoms with Gasteiger partial charge in [-0.25, -0.2) is 9.18 Å². The number of carbonyl (C=O) groups is 1. The smallest absolute Gasteiger partial charge is 0.334 e. The van der Waals surface area contributed by atoms with E-state index in [4.69, 9.17) is 0 Å². The molecule has 0 spiro atoms. The maximum absolute atomic E-state index is 15.3. The van der Waals surface area contributed by atoms with Crippen molar-refractivity contribution in [3.63, 3.8) is 0 Å². The first-order valence-corrected chi connectivity index (χ1v) is 11.0. The molecule has 0 aromatic rings. The van der Waals surface area contributed by atoms with Crippen molar-refractivity contribution in [1.29, 1.82) is 0 Å². The van der Waals surface area contributed by atoms with E-state index in [0.29, 0.717) is 23.7 Å². The molecule has 3 saturated carbocycles. The normalized spacial score (nSPS) is 49.4. The molecule has 2 N–H and O–H groups in total. The van der Waals surface area contributed by atoms with E-state index < -0.39 is 17.7 Å². The number of fused-ring (bicyclic) bond motifs is 5. The van der Waals surface area contributed by atoms with Gasteiger partial charge in [0.1, 0.15) is 5.83 Å². The van der Waals surface area contributed by atoms with Crippen molar-refractivity contribution in [1.82, 2.24) is 0 Å². The predicted molar refractivity (Wildman–Crippen MR) is 103 cm³/mol. The van der Waals surface area contributed by atoms with Crippen LogP contribution in [0.4, 0.5) is 4.39 Å². The standard InChI is InChI=1S/C23H35FO3/c1-4-14-5-7-16-15-6-8-18-20(24)19(21(26)27)13(12-25)11-23(18,3)17(15)9-10-22(14,16)2/h13-18,25H,4-12H2,1-3H3,(H,26,27)/t13?,14-,15-,16-,17-,18-,22+,23+/m0/s1. The molecule has 4 heteroatoms. The fourth-order valence-electron chi connectivity index (χ4n) is 8.39. The van der Waals surface area contributed by atoms with E-state index in [1.165, 1.54) is 25.7 Å². The molecule has 0 bridgehead atoms. The molecular weight excluding hydrogens is 343 g/mol. The van der Waals surface area contributed by atoms with Crippen molar-refractivity contribution in [2.75, 3.05) is 6.61 Å². The van der Waals surface area contributed by atoms with Gasteiger partial charge in [-0.05, 0) is 79.4 Å². The van der Waals surface area contributed by atoms with Crippen molar-refractivity contribution in [2.24, 2.45) is 46.3 Å². The van der Waals surface area contributed by atoms with Gasteiger partial charge in [0.05, 0.1) is 12.2 Å². The van der Waals surface area contributed by atoms with E-state index in [1.807, 2.05) is 0 Å². The molecule has 0 aliphatic heterocycles. The number of rotatable bonds is 3. The number of halogens is 1. The minimum atomic E-state index is -1.19. The second kappa shape index (κ2) is 6.57. The fraction of sp³-hybridized carbons (Fsp3) is 0.870. The van der Waals surface area contributed by atoms with Gasteiger partial charge >= 0.3 is 5.97 Å². The third-order valence-electron chi connectivity index (χ3n) is 9.67. The molecule has 27 heavy (non-hydrogen) atoms. The summed E-state index contributed by atoms with van der Waals surface area (Å²) in [4.78, 5) is 11.6. The molecule has 1 unspecified atom stereocenters. The summed E-state index contributed by atoms with van der Waals surface area (Å²) in [5.74, 6) is 0.192. The highest BCUT2D eigenvalue weighted by Crippen LogP contribution is 2.68. The Kier molecular flexibility index (Phi) is 4.73. The zero-order valence-electron chi connectivity index (χ0n) is 17.0. The van der Waals surface area contributed by atoms with Crippen LogP contribution in [0.1, 0.15) is 72.1 Å². The van der Waals surface area contributed by atoms with E-state index >= 15 is 4.39 Å². The molecule has 152 valence electrons. The van der Waals surface area contributed by atoms with Crippen LogP contribution in [0.3, 0.4) is 0 Å². The number of allylic oxidation sites excluding steroid dienone is 1. The molecule has 0 radical (unpaired) electrons. The van der Waals surface area contributed by atoms with Crippen LogP contribution >= 0.6 is 0 Å². The Hall–Kier alpha value is -0.900. The summed E-state index contributed by atoms with van der Waals surface area (Å²) in [6.07, 6.45) is 8.67. The van der Waals surface area contributed by atoms with Crippen molar-refractivity contribution < 1.29 is 19.4 Å². The summed E-state index contributed by atoms with van der Waals surface area (Å²) in [5.41, 5.74) is 0.0708. The number of aliphatic carboxylic acids is 1. The molecule has 0 amide bonds. The summed E-state index contributed by atoms with van der Waals surface area (Å²) < 4.78 is 15.3. The van der Waals surface area contributed by atoms with Crippen molar-refractivity contribution in [3.05, 3.63) is 11.4 Å². The third-order valence-corrected chi connectivity index (χ3v) is 9.67. The SMILES string of the molecule is CC[C@H]1CC[C@H]2[C@@H]3CC[C@H]4C(F)=C(C(=O)O)C(CO)C[C@]4(C)[C@H]3CC[C@]12C. The summed E-state index contributed by atoms with van der Waals surface area (Å²) >= 11 is 0. The van der Waals surface area contributed by atoms with Crippen LogP contribution in [-0.4, -0.2) is 22.8 Å². The molecule has 0 saturated heterocycles.